The fourth-order valence-electron chi connectivity index (χ4n) is 3.10. The van der Waals surface area contributed by atoms with E-state index in [1.54, 1.807) is 0 Å². The summed E-state index contributed by atoms with van der Waals surface area (Å²) in [6.45, 7) is 0.525. The summed E-state index contributed by atoms with van der Waals surface area (Å²) in [6.07, 6.45) is 4.61. The number of carboxylic acid groups (broad SMARTS) is 1. The van der Waals surface area contributed by atoms with E-state index in [0.29, 0.717) is 43.2 Å². The Hall–Kier alpha value is -2.11. The standard InChI is InChI=1S/C18H22FNO4/c19-14-6-7-15(16(9-14)24-10-11-4-5-11)20-17(21)12-2-1-3-13(8-12)18(22)23/h6-7,9,11-13H,1-5,8,10H2,(H,20,21)(H,22,23). The van der Waals surface area contributed by atoms with Crippen molar-refractivity contribution in [3.05, 3.63) is 24.0 Å². The van der Waals surface area contributed by atoms with Crippen LogP contribution in [0.15, 0.2) is 18.2 Å². The maximum absolute atomic E-state index is 13.5. The molecule has 0 saturated heterocycles. The molecule has 0 bridgehead atoms. The van der Waals surface area contributed by atoms with Gasteiger partial charge in [0.25, 0.3) is 0 Å². The van der Waals surface area contributed by atoms with E-state index in [2.05, 4.69) is 5.32 Å². The molecule has 5 nitrogen and oxygen atoms in total. The first-order chi connectivity index (χ1) is 11.5. The number of rotatable bonds is 6. The van der Waals surface area contributed by atoms with Crippen molar-refractivity contribution in [1.29, 1.82) is 0 Å². The van der Waals surface area contributed by atoms with Crippen LogP contribution >= 0.6 is 0 Å². The van der Waals surface area contributed by atoms with E-state index in [4.69, 9.17) is 9.84 Å². The third-order valence-corrected chi connectivity index (χ3v) is 4.77. The Kier molecular flexibility index (Phi) is 5.02. The zero-order valence-corrected chi connectivity index (χ0v) is 13.5. The number of carboxylic acids is 1. The summed E-state index contributed by atoms with van der Waals surface area (Å²) in [5, 5.41) is 11.9. The molecule has 3 rings (SSSR count). The third-order valence-electron chi connectivity index (χ3n) is 4.77. The Labute approximate surface area is 140 Å². The number of hydrogen-bond acceptors (Lipinski definition) is 3. The number of hydrogen-bond donors (Lipinski definition) is 2. The Morgan fingerprint density at radius 1 is 1.21 bits per heavy atom. The molecule has 6 heteroatoms. The summed E-state index contributed by atoms with van der Waals surface area (Å²) in [7, 11) is 0. The number of anilines is 1. The Balaban J connectivity index is 1.65. The molecule has 2 atom stereocenters. The quantitative estimate of drug-likeness (QED) is 0.835. The van der Waals surface area contributed by atoms with Gasteiger partial charge in [-0.1, -0.05) is 6.42 Å². The van der Waals surface area contributed by atoms with Gasteiger partial charge in [-0.25, -0.2) is 4.39 Å². The van der Waals surface area contributed by atoms with Crippen molar-refractivity contribution in [2.24, 2.45) is 17.8 Å². The van der Waals surface area contributed by atoms with Gasteiger partial charge in [0, 0.05) is 12.0 Å². The SMILES string of the molecule is O=C(O)C1CCCC(C(=O)Nc2ccc(F)cc2OCC2CC2)C1. The molecule has 2 unspecified atom stereocenters. The van der Waals surface area contributed by atoms with Crippen molar-refractivity contribution in [3.63, 3.8) is 0 Å². The second kappa shape index (κ2) is 7.20. The summed E-state index contributed by atoms with van der Waals surface area (Å²) >= 11 is 0. The normalized spacial score (nSPS) is 23.5. The molecule has 1 amide bonds. The van der Waals surface area contributed by atoms with Crippen molar-refractivity contribution in [3.8, 4) is 5.75 Å². The van der Waals surface area contributed by atoms with Gasteiger partial charge in [-0.2, -0.15) is 0 Å². The van der Waals surface area contributed by atoms with Gasteiger partial charge in [-0.05, 0) is 50.2 Å². The zero-order chi connectivity index (χ0) is 17.1. The highest BCUT2D eigenvalue weighted by Crippen LogP contribution is 2.34. The number of ether oxygens (including phenoxy) is 1. The lowest BCUT2D eigenvalue weighted by Gasteiger charge is -2.26. The highest BCUT2D eigenvalue weighted by Gasteiger charge is 2.31. The average molecular weight is 335 g/mol. The minimum Gasteiger partial charge on any atom is -0.491 e. The van der Waals surface area contributed by atoms with E-state index in [-0.39, 0.29) is 11.8 Å². The van der Waals surface area contributed by atoms with Gasteiger partial charge >= 0.3 is 5.97 Å². The van der Waals surface area contributed by atoms with Crippen molar-refractivity contribution in [2.45, 2.75) is 38.5 Å². The molecule has 24 heavy (non-hydrogen) atoms. The van der Waals surface area contributed by atoms with Crippen LogP contribution < -0.4 is 10.1 Å². The number of carbonyl (C=O) groups excluding carboxylic acids is 1. The van der Waals surface area contributed by atoms with Crippen LogP contribution in [-0.2, 0) is 9.59 Å². The molecule has 0 aromatic heterocycles. The minimum atomic E-state index is -0.845. The van der Waals surface area contributed by atoms with Gasteiger partial charge < -0.3 is 15.2 Å². The molecule has 130 valence electrons. The first-order valence-corrected chi connectivity index (χ1v) is 8.49. The number of benzene rings is 1. The maximum atomic E-state index is 13.5. The molecule has 2 N–H and O–H groups in total. The first kappa shape index (κ1) is 16.7. The smallest absolute Gasteiger partial charge is 0.306 e. The van der Waals surface area contributed by atoms with Crippen LogP contribution in [0.5, 0.6) is 5.75 Å². The Morgan fingerprint density at radius 2 is 1.96 bits per heavy atom. The van der Waals surface area contributed by atoms with E-state index in [0.717, 1.165) is 19.3 Å². The maximum Gasteiger partial charge on any atom is 0.306 e. The predicted octanol–water partition coefficient (Wildman–Crippen LogP) is 3.44. The van der Waals surface area contributed by atoms with Gasteiger partial charge in [0.1, 0.15) is 11.6 Å². The van der Waals surface area contributed by atoms with Crippen LogP contribution in [0.2, 0.25) is 0 Å². The Morgan fingerprint density at radius 3 is 2.67 bits per heavy atom. The number of halogens is 1. The van der Waals surface area contributed by atoms with E-state index in [1.165, 1.54) is 18.2 Å². The summed E-state index contributed by atoms with van der Waals surface area (Å²) < 4.78 is 19.1. The largest absolute Gasteiger partial charge is 0.491 e. The summed E-state index contributed by atoms with van der Waals surface area (Å²) in [5.74, 6) is -1.42. The fraction of sp³-hybridized carbons (Fsp3) is 0.556. The van der Waals surface area contributed by atoms with E-state index in [9.17, 15) is 14.0 Å². The molecule has 0 radical (unpaired) electrons. The van der Waals surface area contributed by atoms with E-state index in [1.807, 2.05) is 0 Å². The zero-order valence-electron chi connectivity index (χ0n) is 13.5. The summed E-state index contributed by atoms with van der Waals surface area (Å²) in [4.78, 5) is 23.6. The van der Waals surface area contributed by atoms with Gasteiger partial charge in [-0.3, -0.25) is 9.59 Å². The molecular weight excluding hydrogens is 313 g/mol. The molecule has 2 saturated carbocycles. The molecule has 1 aromatic carbocycles. The monoisotopic (exact) mass is 335 g/mol. The third kappa shape index (κ3) is 4.24. The first-order valence-electron chi connectivity index (χ1n) is 8.49. The van der Waals surface area contributed by atoms with Crippen LogP contribution in [0, 0.1) is 23.6 Å². The van der Waals surface area contributed by atoms with Crippen molar-refractivity contribution < 1.29 is 23.8 Å². The molecule has 0 aliphatic heterocycles. The molecule has 2 aliphatic rings. The van der Waals surface area contributed by atoms with Crippen molar-refractivity contribution in [2.75, 3.05) is 11.9 Å². The second-order valence-electron chi connectivity index (χ2n) is 6.78. The number of carbonyl (C=O) groups is 2. The van der Waals surface area contributed by atoms with Gasteiger partial charge in [-0.15, -0.1) is 0 Å². The van der Waals surface area contributed by atoms with Crippen LogP contribution in [-0.4, -0.2) is 23.6 Å². The number of amides is 1. The van der Waals surface area contributed by atoms with Gasteiger partial charge in [0.2, 0.25) is 5.91 Å². The van der Waals surface area contributed by atoms with E-state index >= 15 is 0 Å². The average Bonchev–Trinajstić information content (AvgIpc) is 3.39. The van der Waals surface area contributed by atoms with Crippen molar-refractivity contribution in [1.82, 2.24) is 0 Å². The minimum absolute atomic E-state index is 0.219. The predicted molar refractivity (Wildman–Crippen MR) is 86.3 cm³/mol. The second-order valence-corrected chi connectivity index (χ2v) is 6.78. The fourth-order valence-corrected chi connectivity index (χ4v) is 3.10. The van der Waals surface area contributed by atoms with Gasteiger partial charge in [0.15, 0.2) is 0 Å². The lowest BCUT2D eigenvalue weighted by atomic mass is 9.81. The van der Waals surface area contributed by atoms with Crippen LogP contribution in [0.25, 0.3) is 0 Å². The number of nitrogens with one attached hydrogen (secondary N) is 1. The molecule has 1 aromatic rings. The summed E-state index contributed by atoms with van der Waals surface area (Å²) in [6, 6.07) is 4.05. The molecule has 0 heterocycles. The van der Waals surface area contributed by atoms with Gasteiger partial charge in [0.05, 0.1) is 18.2 Å². The Bertz CT molecular complexity index is 629. The number of aliphatic carboxylic acids is 1. The van der Waals surface area contributed by atoms with Crippen LogP contribution in [0.3, 0.4) is 0 Å². The molecule has 2 aliphatic carbocycles. The lowest BCUT2D eigenvalue weighted by molar-refractivity contribution is -0.143. The molecule has 2 fully saturated rings. The topological polar surface area (TPSA) is 75.6 Å². The molecular formula is C18H22FNO4. The summed E-state index contributed by atoms with van der Waals surface area (Å²) in [5.41, 5.74) is 0.444. The highest BCUT2D eigenvalue weighted by molar-refractivity contribution is 5.94. The lowest BCUT2D eigenvalue weighted by Crippen LogP contribution is -2.31. The van der Waals surface area contributed by atoms with Crippen molar-refractivity contribution >= 4 is 17.6 Å². The van der Waals surface area contributed by atoms with Crippen LogP contribution in [0.4, 0.5) is 10.1 Å². The highest BCUT2D eigenvalue weighted by atomic mass is 19.1. The van der Waals surface area contributed by atoms with Crippen LogP contribution in [0.1, 0.15) is 38.5 Å². The van der Waals surface area contributed by atoms with E-state index < -0.39 is 17.7 Å². The molecule has 0 spiro atoms.